The lowest BCUT2D eigenvalue weighted by Crippen LogP contribution is -2.27. The Morgan fingerprint density at radius 2 is 1.88 bits per heavy atom. The first-order chi connectivity index (χ1) is 19.9. The van der Waals surface area contributed by atoms with Crippen LogP contribution in [0.5, 0.6) is 11.5 Å². The number of benzene rings is 1. The van der Waals surface area contributed by atoms with Gasteiger partial charge in [0.25, 0.3) is 5.91 Å². The molecule has 0 saturated heterocycles. The largest absolute Gasteiger partial charge is 0.496 e. The number of hydrogen-bond donors (Lipinski definition) is 3. The molecule has 0 unspecified atom stereocenters. The van der Waals surface area contributed by atoms with Gasteiger partial charge in [-0.25, -0.2) is 15.0 Å². The van der Waals surface area contributed by atoms with E-state index in [-0.39, 0.29) is 5.91 Å². The molecule has 10 nitrogen and oxygen atoms in total. The van der Waals surface area contributed by atoms with Gasteiger partial charge >= 0.3 is 0 Å². The molecule has 0 fully saturated rings. The fourth-order valence-corrected chi connectivity index (χ4v) is 6.28. The van der Waals surface area contributed by atoms with Crippen molar-refractivity contribution >= 4 is 67.4 Å². The Kier molecular flexibility index (Phi) is 11.1. The predicted octanol–water partition coefficient (Wildman–Crippen LogP) is 5.83. The van der Waals surface area contributed by atoms with Crippen molar-refractivity contribution in [2.24, 2.45) is 0 Å². The molecule has 3 heterocycles. The van der Waals surface area contributed by atoms with E-state index in [2.05, 4.69) is 72.2 Å². The average Bonchev–Trinajstić information content (AvgIpc) is 3.43. The number of methoxy groups -OCH3 is 2. The molecule has 3 N–H and O–H groups in total. The smallest absolute Gasteiger partial charge is 0.258 e. The van der Waals surface area contributed by atoms with Crippen LogP contribution in [0.15, 0.2) is 36.1 Å². The van der Waals surface area contributed by atoms with Crippen molar-refractivity contribution in [2.45, 2.75) is 33.7 Å². The van der Waals surface area contributed by atoms with Gasteiger partial charge < -0.3 is 30.3 Å². The van der Waals surface area contributed by atoms with E-state index in [1.165, 1.54) is 17.7 Å². The predicted molar refractivity (Wildman–Crippen MR) is 174 cm³/mol. The number of aromatic nitrogens is 3. The molecule has 0 atom stereocenters. The highest BCUT2D eigenvalue weighted by molar-refractivity contribution is 14.1. The van der Waals surface area contributed by atoms with Crippen LogP contribution in [-0.4, -0.2) is 66.2 Å². The minimum Gasteiger partial charge on any atom is -0.496 e. The van der Waals surface area contributed by atoms with Gasteiger partial charge in [-0.2, -0.15) is 0 Å². The summed E-state index contributed by atoms with van der Waals surface area (Å²) < 4.78 is 12.5. The number of fused-ring (bicyclic) bond motifs is 1. The van der Waals surface area contributed by atoms with Crippen LogP contribution in [0.2, 0.25) is 0 Å². The van der Waals surface area contributed by atoms with E-state index >= 15 is 0 Å². The first kappa shape index (κ1) is 30.9. The molecule has 0 radical (unpaired) electrons. The standard InChI is InChI=1S/C29H36IN7O3S/c1-6-37(7-2)12-8-11-31-14-19-9-10-23(32-15-19)35-28-27-26(33-17-34-28)20(16-41-27)29(38)36-25-18(3)21(39-4)13-22(40-5)24(25)30/h9-10,13,15-17,31H,6-8,11-12,14H2,1-5H3,(H,36,38)(H,32,33,34,35). The molecule has 0 aliphatic heterocycles. The maximum Gasteiger partial charge on any atom is 0.258 e. The summed E-state index contributed by atoms with van der Waals surface area (Å²) >= 11 is 3.57. The second-order valence-electron chi connectivity index (χ2n) is 9.33. The molecule has 0 aliphatic rings. The van der Waals surface area contributed by atoms with Gasteiger partial charge in [0.05, 0.1) is 39.3 Å². The normalized spacial score (nSPS) is 11.2. The molecular weight excluding hydrogens is 653 g/mol. The number of hydrogen-bond acceptors (Lipinski definition) is 10. The van der Waals surface area contributed by atoms with Crippen LogP contribution >= 0.6 is 33.9 Å². The fourth-order valence-electron chi connectivity index (χ4n) is 4.42. The zero-order chi connectivity index (χ0) is 29.4. The summed E-state index contributed by atoms with van der Waals surface area (Å²) in [6.07, 6.45) is 4.43. The number of carbonyl (C=O) groups excluding carboxylic acids is 1. The molecule has 0 bridgehead atoms. The Morgan fingerprint density at radius 3 is 2.56 bits per heavy atom. The Hall–Kier alpha value is -3.07. The molecule has 218 valence electrons. The zero-order valence-corrected chi connectivity index (χ0v) is 27.0. The Balaban J connectivity index is 1.43. The minimum atomic E-state index is -0.274. The number of nitrogens with zero attached hydrogens (tertiary/aromatic N) is 4. The molecule has 12 heteroatoms. The highest BCUT2D eigenvalue weighted by Crippen LogP contribution is 2.38. The van der Waals surface area contributed by atoms with Gasteiger partial charge in [0.15, 0.2) is 5.82 Å². The molecule has 4 rings (SSSR count). The average molecular weight is 690 g/mol. The van der Waals surface area contributed by atoms with Crippen LogP contribution in [0.25, 0.3) is 10.2 Å². The van der Waals surface area contributed by atoms with Crippen LogP contribution in [0.3, 0.4) is 0 Å². The van der Waals surface area contributed by atoms with Gasteiger partial charge in [0.1, 0.15) is 23.6 Å². The lowest BCUT2D eigenvalue weighted by atomic mass is 10.1. The summed E-state index contributed by atoms with van der Waals surface area (Å²) in [7, 11) is 3.18. The first-order valence-electron chi connectivity index (χ1n) is 13.5. The van der Waals surface area contributed by atoms with E-state index in [1.807, 2.05) is 31.3 Å². The number of halogens is 1. The van der Waals surface area contributed by atoms with E-state index in [1.54, 1.807) is 19.6 Å². The third-order valence-corrected chi connectivity index (χ3v) is 8.89. The lowest BCUT2D eigenvalue weighted by Gasteiger charge is -2.17. The second-order valence-corrected chi connectivity index (χ2v) is 11.3. The summed E-state index contributed by atoms with van der Waals surface area (Å²) in [4.78, 5) is 29.2. The highest BCUT2D eigenvalue weighted by Gasteiger charge is 2.21. The van der Waals surface area contributed by atoms with E-state index in [0.29, 0.717) is 39.9 Å². The third kappa shape index (κ3) is 7.42. The molecular formula is C29H36IN7O3S. The Labute approximate surface area is 258 Å². The minimum absolute atomic E-state index is 0.274. The van der Waals surface area contributed by atoms with Crippen LogP contribution in [-0.2, 0) is 6.54 Å². The number of pyridine rings is 1. The van der Waals surface area contributed by atoms with Crippen LogP contribution in [0, 0.1) is 10.5 Å². The molecule has 4 aromatic rings. The van der Waals surface area contributed by atoms with Gasteiger partial charge in [-0.1, -0.05) is 19.9 Å². The van der Waals surface area contributed by atoms with Gasteiger partial charge in [0, 0.05) is 29.8 Å². The summed E-state index contributed by atoms with van der Waals surface area (Å²) in [6.45, 7) is 11.3. The topological polar surface area (TPSA) is 114 Å². The van der Waals surface area contributed by atoms with Crippen molar-refractivity contribution in [1.29, 1.82) is 0 Å². The summed E-state index contributed by atoms with van der Waals surface area (Å²) in [5, 5.41) is 11.6. The molecule has 41 heavy (non-hydrogen) atoms. The van der Waals surface area contributed by atoms with Crippen molar-refractivity contribution in [3.05, 3.63) is 56.4 Å². The monoisotopic (exact) mass is 689 g/mol. The summed E-state index contributed by atoms with van der Waals surface area (Å²) in [6, 6.07) is 5.79. The molecule has 0 saturated carbocycles. The van der Waals surface area contributed by atoms with Crippen molar-refractivity contribution in [2.75, 3.05) is 51.0 Å². The Bertz CT molecular complexity index is 1450. The van der Waals surface area contributed by atoms with E-state index in [4.69, 9.17) is 9.47 Å². The van der Waals surface area contributed by atoms with Crippen molar-refractivity contribution in [3.63, 3.8) is 0 Å². The van der Waals surface area contributed by atoms with Crippen molar-refractivity contribution < 1.29 is 14.3 Å². The van der Waals surface area contributed by atoms with Gasteiger partial charge in [-0.15, -0.1) is 11.3 Å². The van der Waals surface area contributed by atoms with E-state index in [0.717, 1.165) is 58.5 Å². The second kappa shape index (κ2) is 14.7. The van der Waals surface area contributed by atoms with Gasteiger partial charge in [-0.3, -0.25) is 4.79 Å². The van der Waals surface area contributed by atoms with Crippen LogP contribution in [0.1, 0.15) is 41.8 Å². The number of thiophene rings is 1. The van der Waals surface area contributed by atoms with Crippen LogP contribution in [0.4, 0.5) is 17.3 Å². The molecule has 1 amide bonds. The molecule has 1 aromatic carbocycles. The third-order valence-electron chi connectivity index (χ3n) is 6.84. The summed E-state index contributed by atoms with van der Waals surface area (Å²) in [5.74, 6) is 2.25. The number of nitrogens with one attached hydrogen (secondary N) is 3. The van der Waals surface area contributed by atoms with Gasteiger partial charge in [-0.05, 0) is 73.7 Å². The summed E-state index contributed by atoms with van der Waals surface area (Å²) in [5.41, 5.74) is 3.59. The van der Waals surface area contributed by atoms with Crippen molar-refractivity contribution in [3.8, 4) is 11.5 Å². The number of ether oxygens (including phenoxy) is 2. The quantitative estimate of drug-likeness (QED) is 0.111. The Morgan fingerprint density at radius 1 is 1.10 bits per heavy atom. The molecule has 0 aliphatic carbocycles. The van der Waals surface area contributed by atoms with E-state index in [9.17, 15) is 4.79 Å². The number of rotatable bonds is 14. The molecule has 0 spiro atoms. The maximum atomic E-state index is 13.4. The SMILES string of the molecule is CCN(CC)CCCNCc1ccc(Nc2ncnc3c(C(=O)Nc4c(C)c(OC)cc(OC)c4I)csc23)nc1. The van der Waals surface area contributed by atoms with Crippen LogP contribution < -0.4 is 25.4 Å². The van der Waals surface area contributed by atoms with Gasteiger partial charge in [0.2, 0.25) is 0 Å². The highest BCUT2D eigenvalue weighted by atomic mass is 127. The van der Waals surface area contributed by atoms with Crippen molar-refractivity contribution in [1.82, 2.24) is 25.2 Å². The maximum absolute atomic E-state index is 13.4. The zero-order valence-electron chi connectivity index (χ0n) is 24.0. The number of carbonyl (C=O) groups is 1. The lowest BCUT2D eigenvalue weighted by molar-refractivity contribution is 0.102. The number of anilines is 3. The number of amides is 1. The molecule has 3 aromatic heterocycles. The van der Waals surface area contributed by atoms with E-state index < -0.39 is 0 Å². The fraction of sp³-hybridized carbons (Fsp3) is 0.379. The first-order valence-corrected chi connectivity index (χ1v) is 15.5.